The third-order valence-corrected chi connectivity index (χ3v) is 2.55. The summed E-state index contributed by atoms with van der Waals surface area (Å²) in [4.78, 5) is 0. The Kier molecular flexibility index (Phi) is 1.77. The molecule has 0 bridgehead atoms. The van der Waals surface area contributed by atoms with Crippen LogP contribution in [0.25, 0.3) is 5.52 Å². The number of hydrogen-bond acceptors (Lipinski definition) is 1. The van der Waals surface area contributed by atoms with Gasteiger partial charge in [-0.05, 0) is 34.7 Å². The molecule has 0 N–H and O–H groups in total. The van der Waals surface area contributed by atoms with Gasteiger partial charge in [-0.3, -0.25) is 0 Å². The second-order valence-electron chi connectivity index (χ2n) is 2.17. The molecule has 0 amide bonds. The van der Waals surface area contributed by atoms with Crippen molar-refractivity contribution in [2.45, 2.75) is 0 Å². The van der Waals surface area contributed by atoms with E-state index >= 15 is 0 Å². The molecule has 2 rings (SSSR count). The minimum Gasteiger partial charge on any atom is -0.240 e. The molecule has 56 valence electrons. The lowest BCUT2D eigenvalue weighted by molar-refractivity contribution is 0.941. The van der Waals surface area contributed by atoms with Crippen LogP contribution in [-0.2, 0) is 0 Å². The molecule has 0 atom stereocenters. The Hall–Kier alpha value is -0.290. The molecule has 0 unspecified atom stereocenters. The smallest absolute Gasteiger partial charge is 0.0794 e. The van der Waals surface area contributed by atoms with Crippen molar-refractivity contribution in [3.63, 3.8) is 0 Å². The van der Waals surface area contributed by atoms with Crippen molar-refractivity contribution in [1.29, 1.82) is 0 Å². The summed E-state index contributed by atoms with van der Waals surface area (Å²) in [5.74, 6) is 0. The van der Waals surface area contributed by atoms with Crippen molar-refractivity contribution >= 4 is 39.7 Å². The molecule has 4 heteroatoms. The van der Waals surface area contributed by atoms with E-state index < -0.39 is 0 Å². The highest BCUT2D eigenvalue weighted by Gasteiger charge is 1.99. The molecule has 0 saturated heterocycles. The fourth-order valence-corrected chi connectivity index (χ4v) is 1.64. The lowest BCUT2D eigenvalue weighted by atomic mass is 10.4. The molecule has 2 aromatic rings. The number of fused-ring (bicyclic) bond motifs is 1. The first-order valence-electron chi connectivity index (χ1n) is 3.06. The van der Waals surface area contributed by atoms with E-state index in [1.54, 1.807) is 10.7 Å². The van der Waals surface area contributed by atoms with Gasteiger partial charge in [0, 0.05) is 9.77 Å². The molecular formula is C7H4ClIN2. The molecule has 0 aromatic carbocycles. The Morgan fingerprint density at radius 2 is 2.36 bits per heavy atom. The molecule has 11 heavy (non-hydrogen) atoms. The van der Waals surface area contributed by atoms with Crippen molar-refractivity contribution in [3.8, 4) is 0 Å². The topological polar surface area (TPSA) is 17.3 Å². The first kappa shape index (κ1) is 7.36. The van der Waals surface area contributed by atoms with E-state index in [1.807, 2.05) is 18.3 Å². The van der Waals surface area contributed by atoms with Crippen LogP contribution in [0.3, 0.4) is 0 Å². The summed E-state index contributed by atoms with van der Waals surface area (Å²) in [6, 6.07) is 3.90. The highest BCUT2D eigenvalue weighted by Crippen LogP contribution is 2.16. The minimum atomic E-state index is 0.675. The number of rotatable bonds is 0. The van der Waals surface area contributed by atoms with E-state index in [0.29, 0.717) is 5.02 Å². The maximum atomic E-state index is 5.77. The normalized spacial score (nSPS) is 10.7. The van der Waals surface area contributed by atoms with Gasteiger partial charge in [-0.15, -0.1) is 0 Å². The van der Waals surface area contributed by atoms with Crippen LogP contribution < -0.4 is 0 Å². The van der Waals surface area contributed by atoms with Crippen molar-refractivity contribution in [1.82, 2.24) is 9.61 Å². The monoisotopic (exact) mass is 278 g/mol. The van der Waals surface area contributed by atoms with Gasteiger partial charge in [0.2, 0.25) is 0 Å². The summed E-state index contributed by atoms with van der Waals surface area (Å²) in [6.45, 7) is 0. The molecule has 0 radical (unpaired) electrons. The van der Waals surface area contributed by atoms with E-state index in [2.05, 4.69) is 27.7 Å². The Morgan fingerprint density at radius 3 is 3.18 bits per heavy atom. The van der Waals surface area contributed by atoms with E-state index in [9.17, 15) is 0 Å². The van der Waals surface area contributed by atoms with Gasteiger partial charge < -0.3 is 0 Å². The van der Waals surface area contributed by atoms with Gasteiger partial charge >= 0.3 is 0 Å². The zero-order valence-corrected chi connectivity index (χ0v) is 8.37. The molecule has 0 fully saturated rings. The fraction of sp³-hybridized carbons (Fsp3) is 0. The maximum absolute atomic E-state index is 5.77. The summed E-state index contributed by atoms with van der Waals surface area (Å²) in [7, 11) is 0. The first-order chi connectivity index (χ1) is 5.27. The van der Waals surface area contributed by atoms with Crippen molar-refractivity contribution in [3.05, 3.63) is 33.1 Å². The van der Waals surface area contributed by atoms with E-state index in [0.717, 1.165) is 9.09 Å². The first-order valence-corrected chi connectivity index (χ1v) is 4.51. The van der Waals surface area contributed by atoms with Crippen LogP contribution in [0.5, 0.6) is 0 Å². The predicted octanol–water partition coefficient (Wildman–Crippen LogP) is 2.59. The van der Waals surface area contributed by atoms with Crippen LogP contribution >= 0.6 is 34.2 Å². The van der Waals surface area contributed by atoms with Crippen molar-refractivity contribution in [2.24, 2.45) is 0 Å². The third kappa shape index (κ3) is 1.22. The van der Waals surface area contributed by atoms with Gasteiger partial charge in [0.1, 0.15) is 0 Å². The van der Waals surface area contributed by atoms with Gasteiger partial charge in [-0.25, -0.2) is 4.52 Å². The number of nitrogens with zero attached hydrogens (tertiary/aromatic N) is 2. The molecule has 0 aliphatic heterocycles. The van der Waals surface area contributed by atoms with E-state index in [-0.39, 0.29) is 0 Å². The predicted molar refractivity (Wildman–Crippen MR) is 52.9 cm³/mol. The number of aromatic nitrogens is 2. The van der Waals surface area contributed by atoms with Crippen LogP contribution in [-0.4, -0.2) is 9.61 Å². The van der Waals surface area contributed by atoms with Gasteiger partial charge in [0.05, 0.1) is 16.7 Å². The SMILES string of the molecule is Clc1cnn2ccc(I)c2c1. The van der Waals surface area contributed by atoms with Crippen molar-refractivity contribution in [2.75, 3.05) is 0 Å². The number of hydrogen-bond donors (Lipinski definition) is 0. The maximum Gasteiger partial charge on any atom is 0.0794 e. The van der Waals surface area contributed by atoms with Crippen LogP contribution in [0, 0.1) is 3.57 Å². The van der Waals surface area contributed by atoms with Crippen LogP contribution in [0.1, 0.15) is 0 Å². The molecule has 0 spiro atoms. The average molecular weight is 278 g/mol. The van der Waals surface area contributed by atoms with Gasteiger partial charge in [0.25, 0.3) is 0 Å². The largest absolute Gasteiger partial charge is 0.240 e. The Balaban J connectivity index is 2.87. The van der Waals surface area contributed by atoms with Crippen LogP contribution in [0.4, 0.5) is 0 Å². The zero-order valence-electron chi connectivity index (χ0n) is 5.46. The zero-order chi connectivity index (χ0) is 7.84. The Bertz CT molecular complexity index is 396. The van der Waals surface area contributed by atoms with E-state index in [1.165, 1.54) is 0 Å². The fourth-order valence-electron chi connectivity index (χ4n) is 0.932. The quantitative estimate of drug-likeness (QED) is 0.677. The molecule has 2 aromatic heterocycles. The highest BCUT2D eigenvalue weighted by atomic mass is 127. The summed E-state index contributed by atoms with van der Waals surface area (Å²) in [5.41, 5.74) is 1.05. The van der Waals surface area contributed by atoms with Gasteiger partial charge in [0.15, 0.2) is 0 Å². The van der Waals surface area contributed by atoms with Crippen LogP contribution in [0.15, 0.2) is 24.5 Å². The minimum absolute atomic E-state index is 0.675. The highest BCUT2D eigenvalue weighted by molar-refractivity contribution is 14.1. The molecule has 0 saturated carbocycles. The molecule has 0 aliphatic rings. The van der Waals surface area contributed by atoms with Gasteiger partial charge in [-0.1, -0.05) is 11.6 Å². The molecular weight excluding hydrogens is 274 g/mol. The van der Waals surface area contributed by atoms with Crippen LogP contribution in [0.2, 0.25) is 5.02 Å². The van der Waals surface area contributed by atoms with Crippen molar-refractivity contribution < 1.29 is 0 Å². The summed E-state index contributed by atoms with van der Waals surface area (Å²) < 4.78 is 2.96. The molecule has 0 aliphatic carbocycles. The van der Waals surface area contributed by atoms with Gasteiger partial charge in [-0.2, -0.15) is 5.10 Å². The summed E-state index contributed by atoms with van der Waals surface area (Å²) in [5, 5.41) is 4.76. The Morgan fingerprint density at radius 1 is 1.55 bits per heavy atom. The summed E-state index contributed by atoms with van der Waals surface area (Å²) in [6.07, 6.45) is 3.54. The number of halogens is 2. The second kappa shape index (κ2) is 2.64. The molecule has 2 nitrogen and oxygen atoms in total. The molecule has 2 heterocycles. The lowest BCUT2D eigenvalue weighted by Crippen LogP contribution is -1.87. The summed E-state index contributed by atoms with van der Waals surface area (Å²) >= 11 is 8.02. The Labute approximate surface area is 82.3 Å². The standard InChI is InChI=1S/C7H4ClIN2/c8-5-3-7-6(9)1-2-11(7)10-4-5/h1-4H. The lowest BCUT2D eigenvalue weighted by Gasteiger charge is -1.93. The second-order valence-corrected chi connectivity index (χ2v) is 3.77. The van der Waals surface area contributed by atoms with E-state index in [4.69, 9.17) is 11.6 Å². The third-order valence-electron chi connectivity index (χ3n) is 1.43. The average Bonchev–Trinajstić information content (AvgIpc) is 2.33.